The number of nitrogens with one attached hydrogen (secondary N) is 3. The molecular weight excluding hydrogens is 396 g/mol. The summed E-state index contributed by atoms with van der Waals surface area (Å²) >= 11 is 1.37. The van der Waals surface area contributed by atoms with Crippen molar-refractivity contribution in [3.63, 3.8) is 0 Å². The van der Waals surface area contributed by atoms with E-state index in [1.54, 1.807) is 6.07 Å². The van der Waals surface area contributed by atoms with E-state index in [1.165, 1.54) is 11.3 Å². The Morgan fingerprint density at radius 3 is 2.54 bits per heavy atom. The van der Waals surface area contributed by atoms with Crippen LogP contribution in [0.3, 0.4) is 0 Å². The van der Waals surface area contributed by atoms with Crippen molar-refractivity contribution in [3.05, 3.63) is 58.3 Å². The Bertz CT molecular complexity index is 721. The average Bonchev–Trinajstić information content (AvgIpc) is 3.24. The van der Waals surface area contributed by atoms with Crippen molar-refractivity contribution in [2.75, 3.05) is 39.3 Å². The van der Waals surface area contributed by atoms with E-state index in [9.17, 15) is 9.59 Å². The molecule has 1 aliphatic heterocycles. The largest absolute Gasteiger partial charge is 0.353 e. The van der Waals surface area contributed by atoms with Crippen molar-refractivity contribution < 1.29 is 9.59 Å². The van der Waals surface area contributed by atoms with Gasteiger partial charge in [0, 0.05) is 45.7 Å². The number of piperazine rings is 1. The van der Waals surface area contributed by atoms with Gasteiger partial charge in [0.1, 0.15) is 6.04 Å². The van der Waals surface area contributed by atoms with Crippen LogP contribution in [-0.4, -0.2) is 62.0 Å². The van der Waals surface area contributed by atoms with Crippen LogP contribution in [0.2, 0.25) is 0 Å². The summed E-state index contributed by atoms with van der Waals surface area (Å²) in [5.41, 5.74) is 1.02. The number of rotatable bonds is 8. The van der Waals surface area contributed by atoms with E-state index < -0.39 is 6.04 Å². The van der Waals surface area contributed by atoms with E-state index in [4.69, 9.17) is 0 Å². The second-order valence-electron chi connectivity index (χ2n) is 6.58. The normalized spacial score (nSPS) is 15.3. The summed E-state index contributed by atoms with van der Waals surface area (Å²) in [5, 5.41) is 11.1. The number of thiophene rings is 1. The third-order valence-electron chi connectivity index (χ3n) is 4.59. The van der Waals surface area contributed by atoms with E-state index in [0.717, 1.165) is 38.3 Å². The van der Waals surface area contributed by atoms with E-state index in [2.05, 4.69) is 20.9 Å². The standard InChI is InChI=1S/C20H26N4O2S.ClH/c25-19(22-10-13-24-11-8-21-9-12-24)17(15-16-5-2-1-3-6-16)23-20(26)18-7-4-14-27-18;/h1-7,14,17,21H,8-13,15H2,(H,22,25)(H,23,26);1H. The fourth-order valence-corrected chi connectivity index (χ4v) is 3.72. The molecule has 1 atom stereocenters. The Labute approximate surface area is 176 Å². The summed E-state index contributed by atoms with van der Waals surface area (Å²) in [6.45, 7) is 5.38. The lowest BCUT2D eigenvalue weighted by molar-refractivity contribution is -0.123. The zero-order valence-electron chi connectivity index (χ0n) is 15.7. The minimum Gasteiger partial charge on any atom is -0.353 e. The number of nitrogens with zero attached hydrogens (tertiary/aromatic N) is 1. The number of hydrogen-bond acceptors (Lipinski definition) is 5. The monoisotopic (exact) mass is 422 g/mol. The zero-order chi connectivity index (χ0) is 18.9. The molecule has 0 aliphatic carbocycles. The van der Waals surface area contributed by atoms with Gasteiger partial charge in [-0.1, -0.05) is 36.4 Å². The maximum Gasteiger partial charge on any atom is 0.262 e. The van der Waals surface area contributed by atoms with Crippen molar-refractivity contribution >= 4 is 35.6 Å². The summed E-state index contributed by atoms with van der Waals surface area (Å²) in [6, 6.07) is 12.8. The van der Waals surface area contributed by atoms with Crippen LogP contribution in [0.5, 0.6) is 0 Å². The molecule has 0 saturated carbocycles. The third kappa shape index (κ3) is 6.91. The van der Waals surface area contributed by atoms with Gasteiger partial charge in [0.25, 0.3) is 5.91 Å². The van der Waals surface area contributed by atoms with E-state index >= 15 is 0 Å². The van der Waals surface area contributed by atoms with Gasteiger partial charge in [0.2, 0.25) is 5.91 Å². The smallest absolute Gasteiger partial charge is 0.262 e. The molecule has 152 valence electrons. The molecule has 1 unspecified atom stereocenters. The molecule has 2 amide bonds. The molecular formula is C20H27ClN4O2S. The molecule has 1 fully saturated rings. The summed E-state index contributed by atoms with van der Waals surface area (Å²) in [7, 11) is 0. The van der Waals surface area contributed by atoms with Crippen LogP contribution in [0.25, 0.3) is 0 Å². The van der Waals surface area contributed by atoms with Crippen LogP contribution in [-0.2, 0) is 11.2 Å². The number of carbonyl (C=O) groups excluding carboxylic acids is 2. The van der Waals surface area contributed by atoms with Crippen LogP contribution < -0.4 is 16.0 Å². The van der Waals surface area contributed by atoms with Crippen LogP contribution >= 0.6 is 23.7 Å². The molecule has 1 aliphatic rings. The van der Waals surface area contributed by atoms with Crippen LogP contribution in [0.4, 0.5) is 0 Å². The van der Waals surface area contributed by atoms with E-state index in [0.29, 0.717) is 17.8 Å². The van der Waals surface area contributed by atoms with Gasteiger partial charge < -0.3 is 16.0 Å². The van der Waals surface area contributed by atoms with Crippen molar-refractivity contribution in [2.45, 2.75) is 12.5 Å². The van der Waals surface area contributed by atoms with Gasteiger partial charge in [-0.05, 0) is 17.0 Å². The van der Waals surface area contributed by atoms with Crippen molar-refractivity contribution in [1.82, 2.24) is 20.9 Å². The SMILES string of the molecule is Cl.O=C(NC(Cc1ccccc1)C(=O)NCCN1CCNCC1)c1cccs1. The lowest BCUT2D eigenvalue weighted by atomic mass is 10.1. The Balaban J connectivity index is 0.00000280. The third-order valence-corrected chi connectivity index (χ3v) is 5.45. The fourth-order valence-electron chi connectivity index (χ4n) is 3.09. The maximum atomic E-state index is 12.7. The summed E-state index contributed by atoms with van der Waals surface area (Å²) in [4.78, 5) is 28.1. The first-order chi connectivity index (χ1) is 13.2. The van der Waals surface area contributed by atoms with Gasteiger partial charge in [-0.25, -0.2) is 0 Å². The van der Waals surface area contributed by atoms with Gasteiger partial charge in [-0.3, -0.25) is 14.5 Å². The average molecular weight is 423 g/mol. The molecule has 0 radical (unpaired) electrons. The lowest BCUT2D eigenvalue weighted by Gasteiger charge is -2.27. The molecule has 2 heterocycles. The first-order valence-corrected chi connectivity index (χ1v) is 10.2. The van der Waals surface area contributed by atoms with E-state index in [-0.39, 0.29) is 24.2 Å². The Morgan fingerprint density at radius 2 is 1.86 bits per heavy atom. The highest BCUT2D eigenvalue weighted by Crippen LogP contribution is 2.10. The number of hydrogen-bond donors (Lipinski definition) is 3. The molecule has 28 heavy (non-hydrogen) atoms. The lowest BCUT2D eigenvalue weighted by Crippen LogP contribution is -2.50. The van der Waals surface area contributed by atoms with Crippen LogP contribution in [0.1, 0.15) is 15.2 Å². The quantitative estimate of drug-likeness (QED) is 0.603. The molecule has 3 N–H and O–H groups in total. The molecule has 0 spiro atoms. The fraction of sp³-hybridized carbons (Fsp3) is 0.400. The first-order valence-electron chi connectivity index (χ1n) is 9.31. The Morgan fingerprint density at radius 1 is 1.11 bits per heavy atom. The van der Waals surface area contributed by atoms with Gasteiger partial charge in [-0.2, -0.15) is 0 Å². The number of carbonyl (C=O) groups is 2. The Kier molecular flexibility index (Phi) is 9.43. The molecule has 6 nitrogen and oxygen atoms in total. The highest BCUT2D eigenvalue weighted by atomic mass is 35.5. The molecule has 1 saturated heterocycles. The van der Waals surface area contributed by atoms with Gasteiger partial charge >= 0.3 is 0 Å². The van der Waals surface area contributed by atoms with Crippen molar-refractivity contribution in [3.8, 4) is 0 Å². The number of benzene rings is 1. The first kappa shape index (κ1) is 22.4. The predicted molar refractivity (Wildman–Crippen MR) is 115 cm³/mol. The number of amides is 2. The highest BCUT2D eigenvalue weighted by molar-refractivity contribution is 7.12. The minimum atomic E-state index is -0.593. The molecule has 0 bridgehead atoms. The summed E-state index contributed by atoms with van der Waals surface area (Å²) < 4.78 is 0. The number of halogens is 1. The van der Waals surface area contributed by atoms with Crippen molar-refractivity contribution in [2.24, 2.45) is 0 Å². The predicted octanol–water partition coefficient (Wildman–Crippen LogP) is 1.53. The summed E-state index contributed by atoms with van der Waals surface area (Å²) in [6.07, 6.45) is 0.470. The summed E-state index contributed by atoms with van der Waals surface area (Å²) in [5.74, 6) is -0.345. The second-order valence-corrected chi connectivity index (χ2v) is 7.52. The van der Waals surface area contributed by atoms with Gasteiger partial charge in [-0.15, -0.1) is 23.7 Å². The molecule has 8 heteroatoms. The van der Waals surface area contributed by atoms with Crippen LogP contribution in [0.15, 0.2) is 47.8 Å². The highest BCUT2D eigenvalue weighted by Gasteiger charge is 2.22. The van der Waals surface area contributed by atoms with E-state index in [1.807, 2.05) is 41.8 Å². The van der Waals surface area contributed by atoms with Crippen molar-refractivity contribution in [1.29, 1.82) is 0 Å². The topological polar surface area (TPSA) is 73.5 Å². The Hall–Kier alpha value is -1.93. The minimum absolute atomic E-state index is 0. The van der Waals surface area contributed by atoms with Gasteiger partial charge in [0.15, 0.2) is 0 Å². The maximum absolute atomic E-state index is 12.7. The molecule has 2 aromatic rings. The zero-order valence-corrected chi connectivity index (χ0v) is 17.4. The molecule has 1 aromatic carbocycles. The second kappa shape index (κ2) is 11.8. The van der Waals surface area contributed by atoms with Crippen LogP contribution in [0, 0.1) is 0 Å². The van der Waals surface area contributed by atoms with Gasteiger partial charge in [0.05, 0.1) is 4.88 Å². The molecule has 1 aromatic heterocycles. The molecule has 3 rings (SSSR count).